The molecule has 4 aliphatic rings. The smallest absolute Gasteiger partial charge is 0.256 e. The van der Waals surface area contributed by atoms with Crippen LogP contribution in [0.1, 0.15) is 43.0 Å². The van der Waals surface area contributed by atoms with E-state index in [0.29, 0.717) is 24.2 Å². The van der Waals surface area contributed by atoms with Crippen LogP contribution in [-0.2, 0) is 9.53 Å². The monoisotopic (exact) mass is 388 g/mol. The number of aromatic nitrogens is 1. The number of rotatable bonds is 5. The SMILES string of the molecule is COCC(O)CNC(=O)C1CC2CCC1(C)CC21NC(=O)c2cccnc2N1. The Balaban J connectivity index is 1.51. The third-order valence-corrected chi connectivity index (χ3v) is 6.72. The molecule has 5 unspecified atom stereocenters. The Morgan fingerprint density at radius 1 is 1.50 bits per heavy atom. The van der Waals surface area contributed by atoms with E-state index in [1.54, 1.807) is 18.3 Å². The van der Waals surface area contributed by atoms with E-state index in [2.05, 4.69) is 27.9 Å². The molecule has 0 radical (unpaired) electrons. The van der Waals surface area contributed by atoms with Gasteiger partial charge in [0, 0.05) is 31.7 Å². The fraction of sp³-hybridized carbons (Fsp3) is 0.650. The number of amides is 2. The van der Waals surface area contributed by atoms with E-state index in [9.17, 15) is 14.7 Å². The lowest BCUT2D eigenvalue weighted by atomic mass is 9.51. The summed E-state index contributed by atoms with van der Waals surface area (Å²) >= 11 is 0. The van der Waals surface area contributed by atoms with E-state index >= 15 is 0 Å². The molecule has 2 heterocycles. The lowest BCUT2D eigenvalue weighted by Crippen LogP contribution is -2.70. The Labute approximate surface area is 164 Å². The largest absolute Gasteiger partial charge is 0.389 e. The van der Waals surface area contributed by atoms with Crippen molar-refractivity contribution in [3.05, 3.63) is 23.9 Å². The van der Waals surface area contributed by atoms with Crippen LogP contribution >= 0.6 is 0 Å². The molecule has 8 nitrogen and oxygen atoms in total. The van der Waals surface area contributed by atoms with Crippen molar-refractivity contribution in [3.63, 3.8) is 0 Å². The molecule has 5 rings (SSSR count). The van der Waals surface area contributed by atoms with Gasteiger partial charge in [-0.3, -0.25) is 9.59 Å². The van der Waals surface area contributed by atoms with Crippen molar-refractivity contribution in [2.75, 3.05) is 25.6 Å². The lowest BCUT2D eigenvalue weighted by Gasteiger charge is -2.60. The predicted octanol–water partition coefficient (Wildman–Crippen LogP) is 0.883. The molecule has 4 N–H and O–H groups in total. The second-order valence-electron chi connectivity index (χ2n) is 8.66. The fourth-order valence-electron chi connectivity index (χ4n) is 5.32. The van der Waals surface area contributed by atoms with Gasteiger partial charge in [-0.25, -0.2) is 4.98 Å². The van der Waals surface area contributed by atoms with Crippen LogP contribution in [0.5, 0.6) is 0 Å². The van der Waals surface area contributed by atoms with Gasteiger partial charge in [0.15, 0.2) is 0 Å². The summed E-state index contributed by atoms with van der Waals surface area (Å²) in [7, 11) is 1.52. The molecular formula is C20H28N4O4. The third kappa shape index (κ3) is 3.14. The first-order valence-corrected chi connectivity index (χ1v) is 9.87. The molecule has 3 fully saturated rings. The molecule has 0 aromatic carbocycles. The number of anilines is 1. The number of carbonyl (C=O) groups excluding carboxylic acids is 2. The fourth-order valence-corrected chi connectivity index (χ4v) is 5.32. The summed E-state index contributed by atoms with van der Waals surface area (Å²) in [5.41, 5.74) is -0.240. The summed E-state index contributed by atoms with van der Waals surface area (Å²) in [6.45, 7) is 2.50. The van der Waals surface area contributed by atoms with Crippen LogP contribution in [0.3, 0.4) is 0 Å². The first-order chi connectivity index (χ1) is 13.4. The van der Waals surface area contributed by atoms with Crippen LogP contribution in [0, 0.1) is 17.3 Å². The number of nitrogens with zero attached hydrogens (tertiary/aromatic N) is 1. The molecule has 3 saturated carbocycles. The molecule has 28 heavy (non-hydrogen) atoms. The molecule has 2 amide bonds. The van der Waals surface area contributed by atoms with Gasteiger partial charge < -0.3 is 25.8 Å². The van der Waals surface area contributed by atoms with Crippen LogP contribution in [0.4, 0.5) is 5.82 Å². The van der Waals surface area contributed by atoms with Gasteiger partial charge in [-0.05, 0) is 43.2 Å². The Bertz CT molecular complexity index is 787. The zero-order valence-electron chi connectivity index (χ0n) is 16.3. The Morgan fingerprint density at radius 2 is 2.32 bits per heavy atom. The van der Waals surface area contributed by atoms with Crippen LogP contribution in [0.15, 0.2) is 18.3 Å². The van der Waals surface area contributed by atoms with Crippen LogP contribution in [-0.4, -0.2) is 53.9 Å². The van der Waals surface area contributed by atoms with Crippen molar-refractivity contribution in [1.82, 2.24) is 15.6 Å². The maximum atomic E-state index is 12.9. The third-order valence-electron chi connectivity index (χ3n) is 6.72. The van der Waals surface area contributed by atoms with Gasteiger partial charge in [-0.1, -0.05) is 6.92 Å². The highest BCUT2D eigenvalue weighted by Gasteiger charge is 2.60. The standard InChI is InChI=1S/C20H28N4O4/c1-19-6-5-12(8-15(19)18(27)22-9-13(25)10-28-2)20(11-19)23-16-14(17(26)24-20)4-3-7-21-16/h3-4,7,12-13,15,25H,5-6,8-11H2,1-2H3,(H,21,23)(H,22,27)(H,24,26). The topological polar surface area (TPSA) is 113 Å². The van der Waals surface area contributed by atoms with Gasteiger partial charge in [0.25, 0.3) is 5.91 Å². The number of hydrogen-bond donors (Lipinski definition) is 4. The van der Waals surface area contributed by atoms with E-state index in [1.807, 2.05) is 0 Å². The first kappa shape index (κ1) is 19.1. The van der Waals surface area contributed by atoms with E-state index in [1.165, 1.54) is 7.11 Å². The molecule has 3 aliphatic carbocycles. The molecule has 8 heteroatoms. The summed E-state index contributed by atoms with van der Waals surface area (Å²) in [5.74, 6) is 0.481. The summed E-state index contributed by atoms with van der Waals surface area (Å²) in [6.07, 6.45) is 4.22. The minimum absolute atomic E-state index is 0.0298. The average Bonchev–Trinajstić information content (AvgIpc) is 2.66. The second kappa shape index (κ2) is 7.00. The van der Waals surface area contributed by atoms with Gasteiger partial charge in [-0.15, -0.1) is 0 Å². The highest BCUT2D eigenvalue weighted by atomic mass is 16.5. The average molecular weight is 388 g/mol. The number of ether oxygens (including phenoxy) is 1. The quantitative estimate of drug-likeness (QED) is 0.596. The number of aliphatic hydroxyl groups is 1. The molecule has 1 aromatic rings. The zero-order chi connectivity index (χ0) is 19.9. The number of nitrogens with one attached hydrogen (secondary N) is 3. The Kier molecular flexibility index (Phi) is 4.79. The van der Waals surface area contributed by atoms with Gasteiger partial charge in [-0.2, -0.15) is 0 Å². The van der Waals surface area contributed by atoms with Crippen molar-refractivity contribution in [3.8, 4) is 0 Å². The van der Waals surface area contributed by atoms with Crippen molar-refractivity contribution >= 4 is 17.6 Å². The lowest BCUT2D eigenvalue weighted by molar-refractivity contribution is -0.140. The normalized spacial score (nSPS) is 34.3. The van der Waals surface area contributed by atoms with E-state index in [4.69, 9.17) is 4.74 Å². The van der Waals surface area contributed by atoms with E-state index < -0.39 is 11.8 Å². The van der Waals surface area contributed by atoms with Gasteiger partial charge in [0.1, 0.15) is 11.5 Å². The van der Waals surface area contributed by atoms with Gasteiger partial charge in [0.2, 0.25) is 5.91 Å². The molecule has 2 bridgehead atoms. The Hall–Kier alpha value is -2.19. The minimum atomic E-state index is -0.712. The molecule has 1 spiro atoms. The highest BCUT2D eigenvalue weighted by Crippen LogP contribution is 2.58. The summed E-state index contributed by atoms with van der Waals surface area (Å²) in [5, 5.41) is 19.4. The number of pyridine rings is 1. The van der Waals surface area contributed by atoms with Crippen LogP contribution in [0.25, 0.3) is 0 Å². The van der Waals surface area contributed by atoms with Crippen molar-refractivity contribution in [1.29, 1.82) is 0 Å². The van der Waals surface area contributed by atoms with Crippen LogP contribution < -0.4 is 16.0 Å². The number of methoxy groups -OCH3 is 1. The number of aliphatic hydroxyl groups excluding tert-OH is 1. The summed E-state index contributed by atoms with van der Waals surface area (Å²) in [4.78, 5) is 29.9. The molecule has 5 atom stereocenters. The second-order valence-corrected chi connectivity index (χ2v) is 8.66. The molecule has 0 saturated heterocycles. The molecule has 1 aliphatic heterocycles. The van der Waals surface area contributed by atoms with E-state index in [-0.39, 0.29) is 42.2 Å². The number of carbonyl (C=O) groups is 2. The van der Waals surface area contributed by atoms with Crippen molar-refractivity contribution in [2.45, 2.75) is 44.4 Å². The predicted molar refractivity (Wildman–Crippen MR) is 103 cm³/mol. The highest BCUT2D eigenvalue weighted by molar-refractivity contribution is 6.01. The zero-order valence-corrected chi connectivity index (χ0v) is 16.3. The first-order valence-electron chi connectivity index (χ1n) is 9.87. The summed E-state index contributed by atoms with van der Waals surface area (Å²) < 4.78 is 4.91. The molecule has 1 aromatic heterocycles. The molecule has 152 valence electrons. The van der Waals surface area contributed by atoms with Crippen molar-refractivity contribution in [2.24, 2.45) is 17.3 Å². The summed E-state index contributed by atoms with van der Waals surface area (Å²) in [6, 6.07) is 3.52. The van der Waals surface area contributed by atoms with Crippen LogP contribution in [0.2, 0.25) is 0 Å². The van der Waals surface area contributed by atoms with Gasteiger partial charge >= 0.3 is 0 Å². The maximum Gasteiger partial charge on any atom is 0.256 e. The van der Waals surface area contributed by atoms with E-state index in [0.717, 1.165) is 12.8 Å². The Morgan fingerprint density at radius 3 is 3.07 bits per heavy atom. The van der Waals surface area contributed by atoms with Crippen molar-refractivity contribution < 1.29 is 19.4 Å². The maximum absolute atomic E-state index is 12.9. The number of hydrogen-bond acceptors (Lipinski definition) is 6. The van der Waals surface area contributed by atoms with Gasteiger partial charge in [0.05, 0.1) is 18.3 Å². The molecular weight excluding hydrogens is 360 g/mol. The number of fused-ring (bicyclic) bond motifs is 3. The minimum Gasteiger partial charge on any atom is -0.389 e.